The van der Waals surface area contributed by atoms with Gasteiger partial charge >= 0.3 is 5.97 Å². The predicted molar refractivity (Wildman–Crippen MR) is 174 cm³/mol. The number of para-hydroxylation sites is 1. The van der Waals surface area contributed by atoms with E-state index >= 15 is 4.39 Å². The van der Waals surface area contributed by atoms with Gasteiger partial charge in [0.1, 0.15) is 11.6 Å². The maximum atomic E-state index is 15.7. The number of nitrogens with zero attached hydrogens (tertiary/aromatic N) is 5. The second-order valence-corrected chi connectivity index (χ2v) is 13.3. The van der Waals surface area contributed by atoms with Crippen LogP contribution in [0.15, 0.2) is 48.7 Å². The zero-order valence-electron chi connectivity index (χ0n) is 25.4. The molecule has 4 aliphatic heterocycles. The lowest BCUT2D eigenvalue weighted by Gasteiger charge is -2.37. The number of carbonyl (C=O) groups is 2. The molecule has 47 heavy (non-hydrogen) atoms. The quantitative estimate of drug-likeness (QED) is 0.270. The lowest BCUT2D eigenvalue weighted by molar-refractivity contribution is 0.0516. The number of carboxylic acid groups (broad SMARTS) is 1. The smallest absolute Gasteiger partial charge is 0.337 e. The third-order valence-corrected chi connectivity index (χ3v) is 10.1. The SMILES string of the molecule is Cn1cc2c(n1)CN(c1cc(Cl)c(C(=O)N3COc4c(cccc4-c4cc(N5C6CCC5COC6)c(C(=O)O)cc4F)C3)c(Cl)c1)C2. The van der Waals surface area contributed by atoms with Crippen LogP contribution in [0.25, 0.3) is 11.1 Å². The zero-order chi connectivity index (χ0) is 32.6. The number of benzene rings is 3. The summed E-state index contributed by atoms with van der Waals surface area (Å²) < 4.78 is 29.3. The van der Waals surface area contributed by atoms with Crippen molar-refractivity contribution < 1.29 is 28.6 Å². The molecule has 1 N–H and O–H groups in total. The van der Waals surface area contributed by atoms with Gasteiger partial charge in [-0.1, -0.05) is 41.4 Å². The molecule has 0 saturated carbocycles. The minimum absolute atomic E-state index is 0.0298. The zero-order valence-corrected chi connectivity index (χ0v) is 26.9. The molecule has 1 amide bonds. The minimum Gasteiger partial charge on any atom is -0.478 e. The summed E-state index contributed by atoms with van der Waals surface area (Å²) in [4.78, 5) is 31.7. The van der Waals surface area contributed by atoms with Crippen molar-refractivity contribution in [2.45, 2.75) is 44.6 Å². The molecule has 0 spiro atoms. The number of aryl methyl sites for hydroxylation is 1. The number of halogens is 3. The summed E-state index contributed by atoms with van der Waals surface area (Å²) in [7, 11) is 1.89. The third-order valence-electron chi connectivity index (χ3n) is 9.53. The number of morpholine rings is 1. The van der Waals surface area contributed by atoms with Gasteiger partial charge in [-0.25, -0.2) is 9.18 Å². The Hall–Kier alpha value is -4.32. The first kappa shape index (κ1) is 30.0. The molecule has 4 aliphatic rings. The van der Waals surface area contributed by atoms with E-state index in [0.29, 0.717) is 48.9 Å². The fraction of sp³-hybridized carbons (Fsp3) is 0.324. The number of carbonyl (C=O) groups excluding carboxylic acids is 1. The van der Waals surface area contributed by atoms with E-state index in [1.807, 2.05) is 19.3 Å². The molecule has 5 heterocycles. The first-order valence-corrected chi connectivity index (χ1v) is 16.1. The normalized spacial score (nSPS) is 19.9. The number of hydrogen-bond donors (Lipinski definition) is 1. The van der Waals surface area contributed by atoms with Crippen molar-refractivity contribution in [3.05, 3.63) is 92.5 Å². The topological polar surface area (TPSA) is 100 Å². The summed E-state index contributed by atoms with van der Waals surface area (Å²) in [6.45, 7) is 2.34. The molecule has 13 heteroatoms. The highest BCUT2D eigenvalue weighted by Crippen LogP contribution is 2.43. The van der Waals surface area contributed by atoms with Crippen molar-refractivity contribution in [3.63, 3.8) is 0 Å². The van der Waals surface area contributed by atoms with Crippen molar-refractivity contribution in [1.29, 1.82) is 0 Å². The molecule has 2 atom stereocenters. The summed E-state index contributed by atoms with van der Waals surface area (Å²) in [5.74, 6) is -1.82. The van der Waals surface area contributed by atoms with Gasteiger partial charge < -0.3 is 29.3 Å². The number of aromatic nitrogens is 2. The average Bonchev–Trinajstić information content (AvgIpc) is 3.67. The Bertz CT molecular complexity index is 1900. The van der Waals surface area contributed by atoms with Crippen LogP contribution in [0.5, 0.6) is 5.75 Å². The molecule has 1 aromatic heterocycles. The van der Waals surface area contributed by atoms with Crippen molar-refractivity contribution in [1.82, 2.24) is 14.7 Å². The fourth-order valence-corrected chi connectivity index (χ4v) is 8.01. The molecule has 2 fully saturated rings. The summed E-state index contributed by atoms with van der Waals surface area (Å²) in [6.07, 6.45) is 3.75. The number of amides is 1. The second-order valence-electron chi connectivity index (χ2n) is 12.5. The van der Waals surface area contributed by atoms with Crippen LogP contribution in [0.3, 0.4) is 0 Å². The van der Waals surface area contributed by atoms with E-state index in [2.05, 4.69) is 14.9 Å². The molecule has 2 saturated heterocycles. The van der Waals surface area contributed by atoms with Crippen LogP contribution in [0.1, 0.15) is 50.4 Å². The Balaban J connectivity index is 1.07. The van der Waals surface area contributed by atoms with Crippen LogP contribution in [0.4, 0.5) is 15.8 Å². The summed E-state index contributed by atoms with van der Waals surface area (Å²) in [5.41, 5.74) is 4.86. The fourth-order valence-electron chi connectivity index (χ4n) is 7.37. The van der Waals surface area contributed by atoms with Crippen LogP contribution < -0.4 is 14.5 Å². The van der Waals surface area contributed by atoms with Gasteiger partial charge in [-0.3, -0.25) is 9.48 Å². The molecule has 0 aliphatic carbocycles. The molecule has 2 bridgehead atoms. The van der Waals surface area contributed by atoms with Crippen LogP contribution in [-0.2, 0) is 31.4 Å². The van der Waals surface area contributed by atoms with Crippen LogP contribution >= 0.6 is 23.2 Å². The first-order chi connectivity index (χ1) is 22.7. The van der Waals surface area contributed by atoms with Crippen molar-refractivity contribution in [2.24, 2.45) is 7.05 Å². The van der Waals surface area contributed by atoms with Gasteiger partial charge in [0, 0.05) is 47.7 Å². The number of ether oxygens (including phenoxy) is 2. The van der Waals surface area contributed by atoms with E-state index in [-0.39, 0.29) is 52.1 Å². The van der Waals surface area contributed by atoms with E-state index < -0.39 is 17.7 Å². The van der Waals surface area contributed by atoms with Crippen LogP contribution in [0, 0.1) is 5.82 Å². The van der Waals surface area contributed by atoms with Crippen molar-refractivity contribution in [3.8, 4) is 16.9 Å². The first-order valence-electron chi connectivity index (χ1n) is 15.4. The summed E-state index contributed by atoms with van der Waals surface area (Å²) in [6, 6.07) is 11.6. The molecule has 242 valence electrons. The van der Waals surface area contributed by atoms with Gasteiger partial charge in [-0.2, -0.15) is 5.10 Å². The van der Waals surface area contributed by atoms with E-state index in [1.165, 1.54) is 4.90 Å². The second kappa shape index (κ2) is 11.4. The number of hydrogen-bond acceptors (Lipinski definition) is 7. The molecule has 3 aromatic carbocycles. The maximum absolute atomic E-state index is 15.7. The maximum Gasteiger partial charge on any atom is 0.337 e. The monoisotopic (exact) mass is 677 g/mol. The number of anilines is 2. The highest BCUT2D eigenvalue weighted by Gasteiger charge is 2.40. The molecular formula is C34H30Cl2FN5O5. The number of rotatable bonds is 5. The summed E-state index contributed by atoms with van der Waals surface area (Å²) >= 11 is 13.4. The molecule has 4 aromatic rings. The number of aromatic carboxylic acids is 1. The van der Waals surface area contributed by atoms with E-state index in [1.54, 1.807) is 35.0 Å². The lowest BCUT2D eigenvalue weighted by Crippen LogP contribution is -2.46. The van der Waals surface area contributed by atoms with Gasteiger partial charge in [-0.15, -0.1) is 0 Å². The minimum atomic E-state index is -1.19. The van der Waals surface area contributed by atoms with Crippen LogP contribution in [0.2, 0.25) is 10.0 Å². The molecular weight excluding hydrogens is 648 g/mol. The standard InChI is InChI=1S/C34H30Cl2FN5O5/c1-39-11-19-13-40(14-29(19)38-39)22-7-26(35)31(27(36)8-22)33(43)41-12-18-3-2-4-23(32(18)47-17-41)24-10-30(25(34(44)45)9-28(24)37)42-20-5-6-21(42)16-46-15-20/h2-4,7-11,20-21H,5-6,12-17H2,1H3,(H,44,45). The third kappa shape index (κ3) is 5.08. The Morgan fingerprint density at radius 3 is 2.43 bits per heavy atom. The van der Waals surface area contributed by atoms with Gasteiger partial charge in [0.05, 0.1) is 70.9 Å². The molecule has 10 nitrogen and oxygen atoms in total. The van der Waals surface area contributed by atoms with Gasteiger partial charge in [0.15, 0.2) is 6.73 Å². The highest BCUT2D eigenvalue weighted by atomic mass is 35.5. The van der Waals surface area contributed by atoms with Gasteiger partial charge in [0.2, 0.25) is 0 Å². The Morgan fingerprint density at radius 1 is 0.979 bits per heavy atom. The number of carboxylic acids is 1. The average molecular weight is 679 g/mol. The van der Waals surface area contributed by atoms with Crippen molar-refractivity contribution in [2.75, 3.05) is 29.7 Å². The molecule has 8 rings (SSSR count). The number of fused-ring (bicyclic) bond motifs is 4. The highest BCUT2D eigenvalue weighted by molar-refractivity contribution is 6.40. The van der Waals surface area contributed by atoms with E-state index in [9.17, 15) is 14.7 Å². The van der Waals surface area contributed by atoms with Gasteiger partial charge in [0.25, 0.3) is 5.91 Å². The largest absolute Gasteiger partial charge is 0.478 e. The van der Waals surface area contributed by atoms with E-state index in [0.717, 1.165) is 35.9 Å². The Kier molecular flexibility index (Phi) is 7.31. The van der Waals surface area contributed by atoms with E-state index in [4.69, 9.17) is 32.7 Å². The van der Waals surface area contributed by atoms with Gasteiger partial charge in [-0.05, 0) is 37.1 Å². The lowest BCUT2D eigenvalue weighted by atomic mass is 9.96. The molecule has 2 unspecified atom stereocenters. The predicted octanol–water partition coefficient (Wildman–Crippen LogP) is 6.11. The Labute approximate surface area is 279 Å². The van der Waals surface area contributed by atoms with Crippen LogP contribution in [-0.4, -0.2) is 63.7 Å². The summed E-state index contributed by atoms with van der Waals surface area (Å²) in [5, 5.41) is 14.9. The molecule has 0 radical (unpaired) electrons. The Morgan fingerprint density at radius 2 is 1.72 bits per heavy atom. The van der Waals surface area contributed by atoms with Crippen molar-refractivity contribution >= 4 is 46.5 Å².